The fourth-order valence-corrected chi connectivity index (χ4v) is 4.99. The Morgan fingerprint density at radius 1 is 1.19 bits per heavy atom. The molecule has 2 aliphatic heterocycles. The summed E-state index contributed by atoms with van der Waals surface area (Å²) in [5.41, 5.74) is -0.0158. The van der Waals surface area contributed by atoms with Gasteiger partial charge in [0, 0.05) is 36.4 Å². The van der Waals surface area contributed by atoms with Gasteiger partial charge >= 0.3 is 6.09 Å². The van der Waals surface area contributed by atoms with Crippen LogP contribution in [0.15, 0.2) is 30.6 Å². The molecular formula is C25H25Cl2FN4O4. The zero-order valence-electron chi connectivity index (χ0n) is 19.9. The highest BCUT2D eigenvalue weighted by atomic mass is 35.5. The van der Waals surface area contributed by atoms with Crippen LogP contribution in [-0.2, 0) is 4.74 Å². The van der Waals surface area contributed by atoms with Gasteiger partial charge in [-0.2, -0.15) is 0 Å². The Balaban J connectivity index is 1.36. The van der Waals surface area contributed by atoms with E-state index in [1.54, 1.807) is 11.0 Å². The molecule has 36 heavy (non-hydrogen) atoms. The number of aromatic hydroxyl groups is 1. The summed E-state index contributed by atoms with van der Waals surface area (Å²) < 4.78 is 26.3. The number of carbonyl (C=O) groups excluding carboxylic acids is 1. The summed E-state index contributed by atoms with van der Waals surface area (Å²) in [6.07, 6.45) is 1.76. The van der Waals surface area contributed by atoms with Crippen molar-refractivity contribution >= 4 is 51.7 Å². The average Bonchev–Trinajstić information content (AvgIpc) is 2.82. The molecule has 6 rings (SSSR count). The van der Waals surface area contributed by atoms with Gasteiger partial charge in [-0.05, 0) is 45.4 Å². The number of amides is 1. The molecular weight excluding hydrogens is 510 g/mol. The molecule has 0 unspecified atom stereocenters. The van der Waals surface area contributed by atoms with E-state index in [1.807, 2.05) is 20.8 Å². The minimum absolute atomic E-state index is 0.0677. The number of hydrogen-bond donors (Lipinski definition) is 2. The van der Waals surface area contributed by atoms with Crippen molar-refractivity contribution in [3.05, 3.63) is 46.5 Å². The Morgan fingerprint density at radius 3 is 2.61 bits per heavy atom. The molecule has 1 amide bonds. The van der Waals surface area contributed by atoms with Crippen LogP contribution in [0.4, 0.5) is 20.7 Å². The number of phenols is 1. The molecule has 3 atom stereocenters. The van der Waals surface area contributed by atoms with Gasteiger partial charge < -0.3 is 24.8 Å². The Hall–Kier alpha value is -3.04. The van der Waals surface area contributed by atoms with E-state index in [9.17, 15) is 14.3 Å². The molecule has 8 nitrogen and oxygen atoms in total. The first-order valence-corrected chi connectivity index (χ1v) is 12.3. The van der Waals surface area contributed by atoms with E-state index in [2.05, 4.69) is 15.3 Å². The fourth-order valence-electron chi connectivity index (χ4n) is 4.67. The van der Waals surface area contributed by atoms with Crippen molar-refractivity contribution in [2.45, 2.75) is 38.9 Å². The quantitative estimate of drug-likeness (QED) is 0.387. The summed E-state index contributed by atoms with van der Waals surface area (Å²) in [5.74, 6) is 0.0554. The van der Waals surface area contributed by atoms with E-state index in [4.69, 9.17) is 32.7 Å². The van der Waals surface area contributed by atoms with Crippen LogP contribution in [-0.4, -0.2) is 50.9 Å². The predicted octanol–water partition coefficient (Wildman–Crippen LogP) is 6.16. The predicted molar refractivity (Wildman–Crippen MR) is 135 cm³/mol. The first-order valence-electron chi connectivity index (χ1n) is 11.5. The van der Waals surface area contributed by atoms with Crippen molar-refractivity contribution in [2.75, 3.05) is 18.4 Å². The maximum Gasteiger partial charge on any atom is 0.410 e. The van der Waals surface area contributed by atoms with Crippen LogP contribution in [0.5, 0.6) is 11.5 Å². The molecule has 2 saturated heterocycles. The van der Waals surface area contributed by atoms with Gasteiger partial charge in [0.15, 0.2) is 17.3 Å². The second-order valence-corrected chi connectivity index (χ2v) is 10.9. The van der Waals surface area contributed by atoms with E-state index in [1.165, 1.54) is 24.5 Å². The van der Waals surface area contributed by atoms with Crippen molar-refractivity contribution in [3.8, 4) is 11.5 Å². The Morgan fingerprint density at radius 2 is 1.92 bits per heavy atom. The smallest absolute Gasteiger partial charge is 0.410 e. The summed E-state index contributed by atoms with van der Waals surface area (Å²) >= 11 is 11.8. The molecule has 3 aliphatic rings. The van der Waals surface area contributed by atoms with E-state index in [0.717, 1.165) is 6.42 Å². The van der Waals surface area contributed by atoms with Gasteiger partial charge in [-0.3, -0.25) is 0 Å². The molecule has 1 aromatic heterocycles. The van der Waals surface area contributed by atoms with Crippen LogP contribution in [0, 0.1) is 17.7 Å². The Kier molecular flexibility index (Phi) is 6.24. The minimum atomic E-state index is -0.706. The van der Waals surface area contributed by atoms with Crippen molar-refractivity contribution in [1.82, 2.24) is 14.9 Å². The minimum Gasteiger partial charge on any atom is -0.504 e. The third-order valence-electron chi connectivity index (χ3n) is 6.36. The van der Waals surface area contributed by atoms with Gasteiger partial charge in [0.25, 0.3) is 0 Å². The topological polar surface area (TPSA) is 96.8 Å². The molecule has 0 spiro atoms. The van der Waals surface area contributed by atoms with Crippen molar-refractivity contribution in [3.63, 3.8) is 0 Å². The molecule has 2 aromatic carbocycles. The summed E-state index contributed by atoms with van der Waals surface area (Å²) in [6.45, 7) is 6.57. The highest BCUT2D eigenvalue weighted by Crippen LogP contribution is 2.45. The standard InChI is InChI=1S/C25H25Cl2FN4O4/c1-25(2,3)36-24(34)32-9-12-6-13(10-32)22(12)35-19-7-14-17(8-18(19)33)29-11-30-23(14)31-16-5-4-15(26)20(27)21(16)28/h4-5,7-8,11-13,22,33H,6,9-10H2,1-3H3,(H,29,30,31)/t12-,13+,22+. The highest BCUT2D eigenvalue weighted by molar-refractivity contribution is 6.42. The van der Waals surface area contributed by atoms with Crippen molar-refractivity contribution in [2.24, 2.45) is 11.8 Å². The van der Waals surface area contributed by atoms with Crippen LogP contribution in [0.3, 0.4) is 0 Å². The average molecular weight is 535 g/mol. The number of anilines is 2. The van der Waals surface area contributed by atoms with Crippen LogP contribution in [0.25, 0.3) is 10.9 Å². The first-order chi connectivity index (χ1) is 17.0. The monoisotopic (exact) mass is 534 g/mol. The summed E-state index contributed by atoms with van der Waals surface area (Å²) in [4.78, 5) is 22.6. The molecule has 3 heterocycles. The molecule has 190 valence electrons. The SMILES string of the molecule is CC(C)(C)OC(=O)N1C[C@H]2C[C@@H](C1)[C@H]2Oc1cc2c(Nc3ccc(Cl)c(Cl)c3F)ncnc2cc1O. The third kappa shape index (κ3) is 4.69. The van der Waals surface area contributed by atoms with Gasteiger partial charge in [-0.25, -0.2) is 19.2 Å². The number of ether oxygens (including phenoxy) is 2. The lowest BCUT2D eigenvalue weighted by molar-refractivity contribution is -0.0934. The number of fused-ring (bicyclic) bond motifs is 3. The Labute approximate surface area is 217 Å². The van der Waals surface area contributed by atoms with E-state index < -0.39 is 11.4 Å². The van der Waals surface area contributed by atoms with E-state index in [-0.39, 0.29) is 51.3 Å². The second kappa shape index (κ2) is 9.12. The zero-order valence-corrected chi connectivity index (χ0v) is 21.4. The molecule has 1 saturated carbocycles. The number of piperidine rings is 2. The van der Waals surface area contributed by atoms with Crippen LogP contribution in [0.2, 0.25) is 10.0 Å². The molecule has 2 bridgehead atoms. The number of benzene rings is 2. The number of halogens is 3. The third-order valence-corrected chi connectivity index (χ3v) is 7.14. The molecule has 1 aliphatic carbocycles. The normalized spacial score (nSPS) is 21.2. The Bertz CT molecular complexity index is 1340. The van der Waals surface area contributed by atoms with Gasteiger partial charge in [-0.1, -0.05) is 23.2 Å². The number of hydrogen-bond acceptors (Lipinski definition) is 7. The molecule has 0 radical (unpaired) electrons. The number of carbonyl (C=O) groups is 1. The number of phenolic OH excluding ortho intramolecular Hbond substituents is 1. The van der Waals surface area contributed by atoms with Crippen molar-refractivity contribution < 1.29 is 23.8 Å². The largest absolute Gasteiger partial charge is 0.504 e. The van der Waals surface area contributed by atoms with E-state index in [0.29, 0.717) is 29.8 Å². The van der Waals surface area contributed by atoms with Crippen LogP contribution >= 0.6 is 23.2 Å². The van der Waals surface area contributed by atoms with Crippen LogP contribution in [0.1, 0.15) is 27.2 Å². The summed E-state index contributed by atoms with van der Waals surface area (Å²) in [7, 11) is 0. The van der Waals surface area contributed by atoms with E-state index >= 15 is 0 Å². The fraction of sp³-hybridized carbons (Fsp3) is 0.400. The maximum atomic E-state index is 14.6. The lowest BCUT2D eigenvalue weighted by atomic mass is 9.68. The van der Waals surface area contributed by atoms with Crippen molar-refractivity contribution in [1.29, 1.82) is 0 Å². The number of rotatable bonds is 4. The molecule has 3 aromatic rings. The van der Waals surface area contributed by atoms with Gasteiger partial charge in [0.1, 0.15) is 23.9 Å². The zero-order chi connectivity index (χ0) is 25.8. The summed E-state index contributed by atoms with van der Waals surface area (Å²) in [5, 5.41) is 14.0. The number of nitrogens with one attached hydrogen (secondary N) is 1. The number of nitrogens with zero attached hydrogens (tertiary/aromatic N) is 3. The van der Waals surface area contributed by atoms with Gasteiger partial charge in [0.2, 0.25) is 0 Å². The summed E-state index contributed by atoms with van der Waals surface area (Å²) in [6, 6.07) is 6.04. The lowest BCUT2D eigenvalue weighted by Gasteiger charge is -2.52. The first kappa shape index (κ1) is 24.6. The lowest BCUT2D eigenvalue weighted by Crippen LogP contribution is -2.62. The second-order valence-electron chi connectivity index (χ2n) is 10.1. The highest BCUT2D eigenvalue weighted by Gasteiger charge is 2.50. The molecule has 2 N–H and O–H groups in total. The molecule has 3 fully saturated rings. The van der Waals surface area contributed by atoms with Gasteiger partial charge in [-0.15, -0.1) is 0 Å². The van der Waals surface area contributed by atoms with Gasteiger partial charge in [0.05, 0.1) is 21.2 Å². The molecule has 11 heteroatoms. The maximum absolute atomic E-state index is 14.6. The van der Waals surface area contributed by atoms with Crippen LogP contribution < -0.4 is 10.1 Å². The number of aromatic nitrogens is 2.